The minimum atomic E-state index is -4.90. The monoisotopic (exact) mass is 433 g/mol. The molecule has 158 valence electrons. The van der Waals surface area contributed by atoms with Crippen molar-refractivity contribution in [2.75, 3.05) is 0 Å². The summed E-state index contributed by atoms with van der Waals surface area (Å²) >= 11 is 0. The van der Waals surface area contributed by atoms with E-state index in [-0.39, 0.29) is 17.0 Å². The summed E-state index contributed by atoms with van der Waals surface area (Å²) in [5, 5.41) is 25.1. The molecule has 0 saturated carbocycles. The Labute approximate surface area is 179 Å². The van der Waals surface area contributed by atoms with E-state index in [1.807, 2.05) is 12.1 Å². The Morgan fingerprint density at radius 3 is 2.38 bits per heavy atom. The highest BCUT2D eigenvalue weighted by Crippen LogP contribution is 2.33. The molecule has 1 aromatic heterocycles. The largest absolute Gasteiger partial charge is 0.507 e. The average Bonchev–Trinajstić information content (AvgIpc) is 2.78. The number of aromatic hydroxyl groups is 1. The third kappa shape index (κ3) is 3.72. The van der Waals surface area contributed by atoms with E-state index in [1.165, 1.54) is 30.5 Å². The topological polar surface area (TPSA) is 78.4 Å². The van der Waals surface area contributed by atoms with Crippen molar-refractivity contribution in [3.8, 4) is 23.1 Å². The van der Waals surface area contributed by atoms with Crippen molar-refractivity contribution in [1.29, 1.82) is 5.26 Å². The van der Waals surface area contributed by atoms with Gasteiger partial charge in [0.05, 0.1) is 17.5 Å². The van der Waals surface area contributed by atoms with Gasteiger partial charge in [-0.3, -0.25) is 4.79 Å². The number of nitrogens with zero attached hydrogens (tertiary/aromatic N) is 3. The first-order chi connectivity index (χ1) is 15.3. The normalized spacial score (nSPS) is 11.7. The Morgan fingerprint density at radius 1 is 1.00 bits per heavy atom. The van der Waals surface area contributed by atoms with Crippen LogP contribution in [0.3, 0.4) is 0 Å². The number of phenols is 1. The molecule has 0 bridgehead atoms. The number of benzene rings is 3. The Bertz CT molecular complexity index is 1450. The van der Waals surface area contributed by atoms with Crippen molar-refractivity contribution < 1.29 is 18.3 Å². The molecule has 0 aliphatic rings. The van der Waals surface area contributed by atoms with Gasteiger partial charge in [0.15, 0.2) is 0 Å². The minimum Gasteiger partial charge on any atom is -0.507 e. The molecule has 0 aliphatic heterocycles. The molecule has 8 heteroatoms. The summed E-state index contributed by atoms with van der Waals surface area (Å²) in [7, 11) is 0. The Kier molecular flexibility index (Phi) is 5.24. The van der Waals surface area contributed by atoms with Gasteiger partial charge in [0.2, 0.25) is 0 Å². The van der Waals surface area contributed by atoms with Gasteiger partial charge in [-0.1, -0.05) is 60.7 Å². The van der Waals surface area contributed by atoms with E-state index in [4.69, 9.17) is 0 Å². The van der Waals surface area contributed by atoms with Crippen LogP contribution in [0.1, 0.15) is 16.7 Å². The lowest BCUT2D eigenvalue weighted by molar-refractivity contribution is -0.137. The lowest BCUT2D eigenvalue weighted by Crippen LogP contribution is -2.26. The number of phenolic OH excluding ortho intramolecular Hbond substituents is 1. The van der Waals surface area contributed by atoms with Gasteiger partial charge in [-0.05, 0) is 22.9 Å². The molecular weight excluding hydrogens is 419 g/mol. The van der Waals surface area contributed by atoms with E-state index in [2.05, 4.69) is 5.10 Å². The molecule has 4 rings (SSSR count). The predicted molar refractivity (Wildman–Crippen MR) is 114 cm³/mol. The second kappa shape index (κ2) is 8.04. The van der Waals surface area contributed by atoms with Gasteiger partial charge in [-0.25, -0.2) is 0 Å². The summed E-state index contributed by atoms with van der Waals surface area (Å²) < 4.78 is 41.4. The average molecular weight is 433 g/mol. The highest BCUT2D eigenvalue weighted by molar-refractivity contribution is 6.02. The summed E-state index contributed by atoms with van der Waals surface area (Å²) in [4.78, 5) is 12.9. The number of hydrogen-bond donors (Lipinski definition) is 1. The molecule has 0 amide bonds. The second-order valence-corrected chi connectivity index (χ2v) is 6.87. The number of halogens is 3. The third-order valence-corrected chi connectivity index (χ3v) is 4.92. The van der Waals surface area contributed by atoms with Crippen molar-refractivity contribution in [2.24, 2.45) is 5.10 Å². The maximum atomic E-state index is 13.6. The minimum absolute atomic E-state index is 0.117. The maximum Gasteiger partial charge on any atom is 0.417 e. The summed E-state index contributed by atoms with van der Waals surface area (Å²) in [5.74, 6) is -0.117. The number of alkyl halides is 3. The Hall–Kier alpha value is -4.38. The first-order valence-electron chi connectivity index (χ1n) is 9.39. The molecule has 32 heavy (non-hydrogen) atoms. The van der Waals surface area contributed by atoms with Crippen LogP contribution in [0.15, 0.2) is 82.7 Å². The van der Waals surface area contributed by atoms with Crippen molar-refractivity contribution in [1.82, 2.24) is 4.68 Å². The van der Waals surface area contributed by atoms with Crippen molar-refractivity contribution in [2.45, 2.75) is 6.18 Å². The number of aromatic nitrogens is 1. The van der Waals surface area contributed by atoms with Gasteiger partial charge in [0.25, 0.3) is 5.56 Å². The molecule has 0 saturated heterocycles. The van der Waals surface area contributed by atoms with E-state index in [9.17, 15) is 28.3 Å². The van der Waals surface area contributed by atoms with Crippen molar-refractivity contribution in [3.05, 3.63) is 99.8 Å². The van der Waals surface area contributed by atoms with Gasteiger partial charge >= 0.3 is 6.18 Å². The molecule has 0 spiro atoms. The van der Waals surface area contributed by atoms with Crippen LogP contribution in [0.4, 0.5) is 13.2 Å². The summed E-state index contributed by atoms with van der Waals surface area (Å²) in [6.45, 7) is 0. The zero-order valence-corrected chi connectivity index (χ0v) is 16.3. The van der Waals surface area contributed by atoms with Crippen molar-refractivity contribution in [3.63, 3.8) is 0 Å². The number of hydrogen-bond acceptors (Lipinski definition) is 4. The van der Waals surface area contributed by atoms with Crippen LogP contribution in [0.2, 0.25) is 0 Å². The fraction of sp³-hybridized carbons (Fsp3) is 0.0417. The molecule has 4 aromatic rings. The summed E-state index contributed by atoms with van der Waals surface area (Å²) in [6, 6.07) is 20.3. The lowest BCUT2D eigenvalue weighted by atomic mass is 10.0. The molecule has 0 aliphatic carbocycles. The zero-order valence-electron chi connectivity index (χ0n) is 16.3. The SMILES string of the molecule is N#Cc1c(C(F)(F)F)cc(-c2ccccc2)n(/N=C/c2c(O)ccc3ccccc23)c1=O. The van der Waals surface area contributed by atoms with Crippen LogP contribution >= 0.6 is 0 Å². The van der Waals surface area contributed by atoms with Crippen LogP contribution in [-0.2, 0) is 6.18 Å². The van der Waals surface area contributed by atoms with Crippen LogP contribution < -0.4 is 5.56 Å². The molecule has 0 unspecified atom stereocenters. The van der Waals surface area contributed by atoms with E-state index in [1.54, 1.807) is 36.4 Å². The van der Waals surface area contributed by atoms with Gasteiger partial charge in [0, 0.05) is 11.1 Å². The molecule has 1 heterocycles. The van der Waals surface area contributed by atoms with E-state index in [0.29, 0.717) is 10.9 Å². The first kappa shape index (κ1) is 20.9. The maximum absolute atomic E-state index is 13.6. The zero-order chi connectivity index (χ0) is 22.9. The first-order valence-corrected chi connectivity index (χ1v) is 9.39. The van der Waals surface area contributed by atoms with E-state index < -0.39 is 22.9 Å². The van der Waals surface area contributed by atoms with Crippen LogP contribution in [0.25, 0.3) is 22.0 Å². The lowest BCUT2D eigenvalue weighted by Gasteiger charge is -2.14. The predicted octanol–water partition coefficient (Wildman–Crippen LogP) is 5.15. The number of nitriles is 1. The van der Waals surface area contributed by atoms with Gasteiger partial charge in [-0.15, -0.1) is 0 Å². The standard InChI is InChI=1S/C24H14F3N3O2/c25-24(26,27)20-12-21(16-7-2-1-3-8-16)30(23(32)18(20)13-28)29-14-19-17-9-5-4-6-15(17)10-11-22(19)31/h1-12,14,31H/b29-14+. The second-order valence-electron chi connectivity index (χ2n) is 6.87. The van der Waals surface area contributed by atoms with Gasteiger partial charge in [-0.2, -0.15) is 28.2 Å². The third-order valence-electron chi connectivity index (χ3n) is 4.92. The molecule has 0 atom stereocenters. The van der Waals surface area contributed by atoms with Gasteiger partial charge in [0.1, 0.15) is 17.4 Å². The van der Waals surface area contributed by atoms with E-state index in [0.717, 1.165) is 16.1 Å². The highest BCUT2D eigenvalue weighted by atomic mass is 19.4. The summed E-state index contributed by atoms with van der Waals surface area (Å²) in [6.07, 6.45) is -3.70. The number of rotatable bonds is 3. The van der Waals surface area contributed by atoms with Crippen molar-refractivity contribution >= 4 is 17.0 Å². The molecule has 5 nitrogen and oxygen atoms in total. The smallest absolute Gasteiger partial charge is 0.417 e. The Balaban J connectivity index is 2.00. The molecule has 1 N–H and O–H groups in total. The fourth-order valence-electron chi connectivity index (χ4n) is 3.40. The quantitative estimate of drug-likeness (QED) is 0.454. The van der Waals surface area contributed by atoms with Crippen LogP contribution in [0, 0.1) is 11.3 Å². The van der Waals surface area contributed by atoms with Crippen LogP contribution in [0.5, 0.6) is 5.75 Å². The fourth-order valence-corrected chi connectivity index (χ4v) is 3.40. The Morgan fingerprint density at radius 2 is 1.69 bits per heavy atom. The molecule has 3 aromatic carbocycles. The molecule has 0 fully saturated rings. The summed E-state index contributed by atoms with van der Waals surface area (Å²) in [5.41, 5.74) is -3.15. The molecule has 0 radical (unpaired) electrons. The van der Waals surface area contributed by atoms with Gasteiger partial charge < -0.3 is 5.11 Å². The number of pyridine rings is 1. The highest BCUT2D eigenvalue weighted by Gasteiger charge is 2.36. The van der Waals surface area contributed by atoms with E-state index >= 15 is 0 Å². The van der Waals surface area contributed by atoms with Crippen LogP contribution in [-0.4, -0.2) is 16.0 Å². The number of fused-ring (bicyclic) bond motifs is 1. The molecular formula is C24H14F3N3O2.